The number of nitrogens with zero attached hydrogens (tertiary/aromatic N) is 8. The number of rotatable bonds is 11. The molecule has 0 unspecified atom stereocenters. The summed E-state index contributed by atoms with van der Waals surface area (Å²) in [4.78, 5) is 49.5. The van der Waals surface area contributed by atoms with Crippen molar-refractivity contribution in [3.8, 4) is 11.5 Å². The number of hydrazone groups is 1. The molecule has 1 aliphatic heterocycles. The molecule has 2 N–H and O–H groups in total. The van der Waals surface area contributed by atoms with E-state index in [2.05, 4.69) is 89.7 Å². The van der Waals surface area contributed by atoms with Gasteiger partial charge in [0.2, 0.25) is 5.91 Å². The van der Waals surface area contributed by atoms with Gasteiger partial charge in [-0.05, 0) is 89.5 Å². The number of hydrogen-bond acceptors (Lipinski definition) is 13. The Morgan fingerprint density at radius 1 is 0.716 bits per heavy atom. The lowest BCUT2D eigenvalue weighted by Gasteiger charge is -2.21. The molecular weight excluding hydrogens is 961 g/mol. The molecule has 18 nitrogen and oxygen atoms in total. The van der Waals surface area contributed by atoms with Gasteiger partial charge in [-0.3, -0.25) is 29.0 Å². The monoisotopic (exact) mass is 1030 g/mol. The van der Waals surface area contributed by atoms with Crippen LogP contribution in [0.5, 0.6) is 11.5 Å². The summed E-state index contributed by atoms with van der Waals surface area (Å²) in [7, 11) is -0.954. The second kappa shape index (κ2) is 22.9. The first kappa shape index (κ1) is 57.6. The summed E-state index contributed by atoms with van der Waals surface area (Å²) in [6, 6.07) is 24.5. The third-order valence-corrected chi connectivity index (χ3v) is 13.4. The van der Waals surface area contributed by atoms with Crippen LogP contribution in [0.4, 0.5) is 11.4 Å². The molecule has 74 heavy (non-hydrogen) atoms. The number of aromatic amines is 1. The molecule has 19 heteroatoms. The van der Waals surface area contributed by atoms with Crippen LogP contribution in [0.1, 0.15) is 136 Å². The van der Waals surface area contributed by atoms with Crippen molar-refractivity contribution >= 4 is 49.8 Å². The molecule has 0 aliphatic carbocycles. The summed E-state index contributed by atoms with van der Waals surface area (Å²) >= 11 is 0. The average Bonchev–Trinajstić information content (AvgIpc) is 3.83. The number of hydrogen-bond donors (Lipinski definition) is 2. The minimum absolute atomic E-state index is 0.0282. The van der Waals surface area contributed by atoms with E-state index in [1.807, 2.05) is 60.6 Å². The topological polar surface area (TPSA) is 225 Å². The number of aromatic nitrogens is 5. The fraction of sp³-hybridized carbons (Fsp3) is 0.436. The van der Waals surface area contributed by atoms with E-state index in [4.69, 9.17) is 9.47 Å². The van der Waals surface area contributed by atoms with E-state index in [0.717, 1.165) is 28.2 Å². The molecule has 7 rings (SSSR count). The predicted molar refractivity (Wildman–Crippen MR) is 290 cm³/mol. The summed E-state index contributed by atoms with van der Waals surface area (Å²) in [5.74, 6) is 0.727. The zero-order valence-corrected chi connectivity index (χ0v) is 46.5. The van der Waals surface area contributed by atoms with Crippen LogP contribution in [-0.4, -0.2) is 75.4 Å². The molecule has 0 atom stereocenters. The number of aryl methyl sites for hydroxylation is 1. The van der Waals surface area contributed by atoms with Crippen LogP contribution in [0.3, 0.4) is 0 Å². The fourth-order valence-corrected chi connectivity index (χ4v) is 8.67. The zero-order valence-electron chi connectivity index (χ0n) is 45.7. The molecule has 396 valence electrons. The van der Waals surface area contributed by atoms with Crippen LogP contribution in [0.2, 0.25) is 0 Å². The van der Waals surface area contributed by atoms with E-state index in [9.17, 15) is 27.6 Å². The second-order valence-electron chi connectivity index (χ2n) is 21.9. The number of benzene rings is 4. The number of amides is 2. The molecule has 0 saturated heterocycles. The Bertz CT molecular complexity index is 3310. The first-order valence-corrected chi connectivity index (χ1v) is 25.9. The zero-order chi connectivity index (χ0) is 55.1. The highest BCUT2D eigenvalue weighted by molar-refractivity contribution is 7.90. The van der Waals surface area contributed by atoms with Gasteiger partial charge in [0, 0.05) is 37.0 Å². The number of ether oxygens (including phenoxy) is 2. The number of H-pyrrole nitrogens is 1. The van der Waals surface area contributed by atoms with Crippen LogP contribution >= 0.6 is 0 Å². The smallest absolute Gasteiger partial charge is 0.294 e. The van der Waals surface area contributed by atoms with Crippen molar-refractivity contribution in [2.75, 3.05) is 20.3 Å². The molecule has 6 aromatic rings. The SMILES string of the molecule is CCOc1ccc(C(C)(C)C)cc1CNC(=O)c1ccccc1N=Nc1c(C(C)(C)C)[nH]n(C)c1=O.CCOc1ccc(C(C)(C)C)cc1S(=O)(=O)n1nnc2ccccc2c1=O.CN1N=C(C(C)(C)C)CC1=O. The lowest BCUT2D eigenvalue weighted by atomic mass is 9.86. The molecular formula is C55H72N10O8S. The Morgan fingerprint density at radius 3 is 1.86 bits per heavy atom. The molecule has 1 aliphatic rings. The molecule has 0 radical (unpaired) electrons. The molecule has 4 aromatic carbocycles. The van der Waals surface area contributed by atoms with Crippen molar-refractivity contribution in [3.05, 3.63) is 134 Å². The molecule has 0 bridgehead atoms. The van der Waals surface area contributed by atoms with Crippen LogP contribution in [0, 0.1) is 5.41 Å². The van der Waals surface area contributed by atoms with E-state index in [-0.39, 0.29) is 67.4 Å². The maximum absolute atomic E-state index is 13.3. The minimum Gasteiger partial charge on any atom is -0.494 e. The van der Waals surface area contributed by atoms with E-state index in [1.54, 1.807) is 69.6 Å². The molecule has 2 amide bonds. The molecule has 0 fully saturated rings. The van der Waals surface area contributed by atoms with E-state index < -0.39 is 15.6 Å². The first-order valence-electron chi connectivity index (χ1n) is 24.5. The normalized spacial score (nSPS) is 13.3. The largest absolute Gasteiger partial charge is 0.494 e. The van der Waals surface area contributed by atoms with Crippen molar-refractivity contribution in [1.29, 1.82) is 0 Å². The van der Waals surface area contributed by atoms with E-state index in [1.165, 1.54) is 21.8 Å². The van der Waals surface area contributed by atoms with Crippen molar-refractivity contribution in [3.63, 3.8) is 0 Å². The third-order valence-electron chi connectivity index (χ3n) is 11.8. The number of carbonyl (C=O) groups excluding carboxylic acids is 2. The van der Waals surface area contributed by atoms with Gasteiger partial charge in [-0.15, -0.1) is 15.3 Å². The third kappa shape index (κ3) is 13.9. The van der Waals surface area contributed by atoms with Crippen LogP contribution in [0.15, 0.2) is 115 Å². The van der Waals surface area contributed by atoms with Crippen molar-refractivity contribution in [2.24, 2.45) is 27.8 Å². The summed E-state index contributed by atoms with van der Waals surface area (Å²) in [5, 5.41) is 27.9. The lowest BCUT2D eigenvalue weighted by Crippen LogP contribution is -2.31. The summed E-state index contributed by atoms with van der Waals surface area (Å²) in [6.07, 6.45) is 0.486. The van der Waals surface area contributed by atoms with Crippen LogP contribution < -0.4 is 25.9 Å². The van der Waals surface area contributed by atoms with E-state index >= 15 is 0 Å². The van der Waals surface area contributed by atoms with Gasteiger partial charge in [0.25, 0.3) is 27.0 Å². The number of nitrogens with one attached hydrogen (secondary N) is 2. The predicted octanol–water partition coefficient (Wildman–Crippen LogP) is 10.0. The number of azo groups is 1. The maximum Gasteiger partial charge on any atom is 0.294 e. The van der Waals surface area contributed by atoms with Crippen molar-refractivity contribution in [2.45, 2.75) is 131 Å². The second-order valence-corrected chi connectivity index (χ2v) is 23.6. The fourth-order valence-electron chi connectivity index (χ4n) is 7.38. The van der Waals surface area contributed by atoms with Gasteiger partial charge in [-0.2, -0.15) is 13.5 Å². The highest BCUT2D eigenvalue weighted by atomic mass is 32.2. The van der Waals surface area contributed by atoms with Gasteiger partial charge < -0.3 is 14.8 Å². The molecule has 0 spiro atoms. The lowest BCUT2D eigenvalue weighted by molar-refractivity contribution is -0.127. The average molecular weight is 1030 g/mol. The highest BCUT2D eigenvalue weighted by Gasteiger charge is 2.30. The van der Waals surface area contributed by atoms with Gasteiger partial charge in [-0.25, -0.2) is 5.01 Å². The quantitative estimate of drug-likeness (QED) is 0.117. The Balaban J connectivity index is 0.000000233. The minimum atomic E-state index is -4.29. The van der Waals surface area contributed by atoms with Gasteiger partial charge in [-0.1, -0.05) is 124 Å². The van der Waals surface area contributed by atoms with Crippen molar-refractivity contribution in [1.82, 2.24) is 34.5 Å². The van der Waals surface area contributed by atoms with E-state index in [0.29, 0.717) is 46.1 Å². The Hall–Kier alpha value is -7.28. The standard InChI is InChI=1S/C28H37N5O3.C19H21N3O4S.C8H14N2O/c1-9-36-22-15-14-19(27(2,3)4)16-18(22)17-29-25(34)20-12-10-11-13-21(20)30-31-23-24(28(5,6)7)32-33(8)26(23)35;1-5-26-16-11-10-13(19(2,3)4)12-17(16)27(24,25)22-18(23)14-8-6-7-9-15(14)20-21-22;1-8(2,3)6-5-7(11)10(4)9-6/h10-16,32H,9,17H2,1-8H3,(H,29,34);6-12H,5H2,1-4H3;5H2,1-4H3. The Morgan fingerprint density at radius 2 is 1.30 bits per heavy atom. The molecule has 0 saturated carbocycles. The number of carbonyl (C=O) groups is 2. The summed E-state index contributed by atoms with van der Waals surface area (Å²) < 4.78 is 39.6. The van der Waals surface area contributed by atoms with Gasteiger partial charge in [0.05, 0.1) is 47.7 Å². The molecule has 2 aromatic heterocycles. The number of fused-ring (bicyclic) bond motifs is 1. The van der Waals surface area contributed by atoms with Crippen molar-refractivity contribution < 1.29 is 27.5 Å². The van der Waals surface area contributed by atoms with Gasteiger partial charge in [0.1, 0.15) is 21.9 Å². The van der Waals surface area contributed by atoms with Crippen LogP contribution in [-0.2, 0) is 44.7 Å². The molecule has 3 heterocycles. The van der Waals surface area contributed by atoms with Gasteiger partial charge in [0.15, 0.2) is 5.69 Å². The first-order chi connectivity index (χ1) is 34.4. The Labute approximate surface area is 434 Å². The maximum atomic E-state index is 13.3. The van der Waals surface area contributed by atoms with Crippen LogP contribution in [0.25, 0.3) is 10.9 Å². The highest BCUT2D eigenvalue weighted by Crippen LogP contribution is 2.33. The summed E-state index contributed by atoms with van der Waals surface area (Å²) in [6.45, 7) is 29.4. The summed E-state index contributed by atoms with van der Waals surface area (Å²) in [5.41, 5.74) is 4.22. The van der Waals surface area contributed by atoms with Gasteiger partial charge >= 0.3 is 0 Å². The Kier molecular flexibility index (Phi) is 17.8.